The summed E-state index contributed by atoms with van der Waals surface area (Å²) in [6, 6.07) is 0. The molecule has 0 aromatic carbocycles. The van der Waals surface area contributed by atoms with Crippen LogP contribution in [0.4, 0.5) is 0 Å². The molecule has 0 aromatic heterocycles. The van der Waals surface area contributed by atoms with Gasteiger partial charge < -0.3 is 0 Å². The van der Waals surface area contributed by atoms with Gasteiger partial charge in [0, 0.05) is 0 Å². The lowest BCUT2D eigenvalue weighted by Gasteiger charge is -1.92. The van der Waals surface area contributed by atoms with Gasteiger partial charge in [0.25, 0.3) is 0 Å². The number of allylic oxidation sites excluding steroid dienone is 6. The minimum absolute atomic E-state index is 1.22. The SMILES string of the molecule is CC=CC=CC=CCCCCCC. The Morgan fingerprint density at radius 3 is 2.31 bits per heavy atom. The van der Waals surface area contributed by atoms with E-state index in [1.54, 1.807) is 0 Å². The van der Waals surface area contributed by atoms with Gasteiger partial charge in [-0.05, 0) is 19.8 Å². The lowest BCUT2D eigenvalue weighted by atomic mass is 10.1. The van der Waals surface area contributed by atoms with Gasteiger partial charge in [-0.1, -0.05) is 62.6 Å². The predicted molar refractivity (Wildman–Crippen MR) is 61.9 cm³/mol. The van der Waals surface area contributed by atoms with E-state index in [0.717, 1.165) is 0 Å². The Hall–Kier alpha value is -0.780. The van der Waals surface area contributed by atoms with Gasteiger partial charge >= 0.3 is 0 Å². The number of rotatable bonds is 7. The molecule has 0 unspecified atom stereocenters. The standard InChI is InChI=1S/C13H22/c1-3-5-7-9-11-13-12-10-8-6-4-2/h3,5,7,9,11,13H,4,6,8,10,12H2,1-2H3. The first-order valence-corrected chi connectivity index (χ1v) is 5.36. The maximum Gasteiger partial charge on any atom is -0.0348 e. The molecule has 0 bridgehead atoms. The highest BCUT2D eigenvalue weighted by atomic mass is 13.9. The third-order valence-electron chi connectivity index (χ3n) is 1.89. The van der Waals surface area contributed by atoms with E-state index >= 15 is 0 Å². The summed E-state index contributed by atoms with van der Waals surface area (Å²) >= 11 is 0. The average molecular weight is 178 g/mol. The number of hydrogen-bond donors (Lipinski definition) is 0. The van der Waals surface area contributed by atoms with Crippen LogP contribution in [0.3, 0.4) is 0 Å². The van der Waals surface area contributed by atoms with E-state index in [4.69, 9.17) is 0 Å². The molecule has 0 radical (unpaired) electrons. The molecule has 0 heteroatoms. The van der Waals surface area contributed by atoms with Crippen molar-refractivity contribution in [3.63, 3.8) is 0 Å². The summed E-state index contributed by atoms with van der Waals surface area (Å²) < 4.78 is 0. The minimum atomic E-state index is 1.22. The fourth-order valence-electron chi connectivity index (χ4n) is 1.10. The van der Waals surface area contributed by atoms with Crippen LogP contribution >= 0.6 is 0 Å². The van der Waals surface area contributed by atoms with Crippen LogP contribution in [-0.4, -0.2) is 0 Å². The molecule has 0 rings (SSSR count). The van der Waals surface area contributed by atoms with Crippen molar-refractivity contribution < 1.29 is 0 Å². The summed E-state index contributed by atoms with van der Waals surface area (Å²) in [5, 5.41) is 0. The van der Waals surface area contributed by atoms with Crippen molar-refractivity contribution in [2.24, 2.45) is 0 Å². The summed E-state index contributed by atoms with van der Waals surface area (Å²) in [6.07, 6.45) is 19.2. The van der Waals surface area contributed by atoms with E-state index in [1.165, 1.54) is 32.1 Å². The molecular formula is C13H22. The van der Waals surface area contributed by atoms with Crippen molar-refractivity contribution in [2.75, 3.05) is 0 Å². The van der Waals surface area contributed by atoms with Gasteiger partial charge in [0.15, 0.2) is 0 Å². The van der Waals surface area contributed by atoms with Crippen molar-refractivity contribution in [1.82, 2.24) is 0 Å². The molecule has 0 aliphatic heterocycles. The van der Waals surface area contributed by atoms with Gasteiger partial charge in [-0.3, -0.25) is 0 Å². The minimum Gasteiger partial charge on any atom is -0.0877 e. The normalized spacial score (nSPS) is 12.5. The summed E-state index contributed by atoms with van der Waals surface area (Å²) in [5.41, 5.74) is 0. The van der Waals surface area contributed by atoms with Crippen LogP contribution < -0.4 is 0 Å². The van der Waals surface area contributed by atoms with E-state index in [2.05, 4.69) is 31.2 Å². The molecule has 0 aliphatic rings. The summed E-state index contributed by atoms with van der Waals surface area (Å²) in [4.78, 5) is 0. The first-order chi connectivity index (χ1) is 6.41. The van der Waals surface area contributed by atoms with Crippen LogP contribution in [0.2, 0.25) is 0 Å². The third kappa shape index (κ3) is 11.2. The molecule has 0 amide bonds. The van der Waals surface area contributed by atoms with Gasteiger partial charge in [0.1, 0.15) is 0 Å². The zero-order chi connectivity index (χ0) is 9.78. The monoisotopic (exact) mass is 178 g/mol. The second-order valence-corrected chi connectivity index (χ2v) is 3.19. The molecular weight excluding hydrogens is 156 g/mol. The second kappa shape index (κ2) is 11.2. The predicted octanol–water partition coefficient (Wildman–Crippen LogP) is 4.65. The third-order valence-corrected chi connectivity index (χ3v) is 1.89. The van der Waals surface area contributed by atoms with E-state index in [9.17, 15) is 0 Å². The Morgan fingerprint density at radius 1 is 0.846 bits per heavy atom. The van der Waals surface area contributed by atoms with Gasteiger partial charge in [-0.25, -0.2) is 0 Å². The Morgan fingerprint density at radius 2 is 1.62 bits per heavy atom. The average Bonchev–Trinajstić information content (AvgIpc) is 2.16. The molecule has 0 atom stereocenters. The smallest absolute Gasteiger partial charge is 0.0348 e. The van der Waals surface area contributed by atoms with E-state index in [-0.39, 0.29) is 0 Å². The Balaban J connectivity index is 3.21. The molecule has 0 N–H and O–H groups in total. The molecule has 0 aromatic rings. The molecule has 0 heterocycles. The maximum absolute atomic E-state index is 2.25. The summed E-state index contributed by atoms with van der Waals surface area (Å²) in [5.74, 6) is 0. The highest BCUT2D eigenvalue weighted by Crippen LogP contribution is 2.02. The first-order valence-electron chi connectivity index (χ1n) is 5.36. The van der Waals surface area contributed by atoms with E-state index in [1.807, 2.05) is 19.1 Å². The molecule has 0 spiro atoms. The van der Waals surface area contributed by atoms with Crippen LogP contribution in [0.25, 0.3) is 0 Å². The molecule has 0 nitrogen and oxygen atoms in total. The Labute approximate surface area is 83.0 Å². The maximum atomic E-state index is 2.25. The van der Waals surface area contributed by atoms with Crippen molar-refractivity contribution in [2.45, 2.75) is 46.0 Å². The van der Waals surface area contributed by atoms with Crippen molar-refractivity contribution in [1.29, 1.82) is 0 Å². The van der Waals surface area contributed by atoms with E-state index in [0.29, 0.717) is 0 Å². The van der Waals surface area contributed by atoms with Crippen LogP contribution in [0, 0.1) is 0 Å². The lowest BCUT2D eigenvalue weighted by Crippen LogP contribution is -1.72. The Kier molecular flexibility index (Phi) is 10.5. The summed E-state index contributed by atoms with van der Waals surface area (Å²) in [6.45, 7) is 4.27. The largest absolute Gasteiger partial charge is 0.0877 e. The zero-order valence-corrected chi connectivity index (χ0v) is 9.00. The molecule has 13 heavy (non-hydrogen) atoms. The highest BCUT2D eigenvalue weighted by Gasteiger charge is 1.82. The Bertz CT molecular complexity index is 161. The number of unbranched alkanes of at least 4 members (excludes halogenated alkanes) is 4. The van der Waals surface area contributed by atoms with Gasteiger partial charge in [-0.2, -0.15) is 0 Å². The molecule has 0 fully saturated rings. The van der Waals surface area contributed by atoms with Crippen LogP contribution in [-0.2, 0) is 0 Å². The molecule has 0 saturated heterocycles. The highest BCUT2D eigenvalue weighted by molar-refractivity contribution is 5.10. The lowest BCUT2D eigenvalue weighted by molar-refractivity contribution is 0.674. The van der Waals surface area contributed by atoms with Crippen molar-refractivity contribution in [3.05, 3.63) is 36.5 Å². The summed E-state index contributed by atoms with van der Waals surface area (Å²) in [7, 11) is 0. The van der Waals surface area contributed by atoms with E-state index < -0.39 is 0 Å². The van der Waals surface area contributed by atoms with Crippen LogP contribution in [0.5, 0.6) is 0 Å². The molecule has 0 aliphatic carbocycles. The molecule has 0 saturated carbocycles. The molecule has 74 valence electrons. The zero-order valence-electron chi connectivity index (χ0n) is 9.00. The fraction of sp³-hybridized carbons (Fsp3) is 0.538. The van der Waals surface area contributed by atoms with Crippen LogP contribution in [0.15, 0.2) is 36.5 Å². The topological polar surface area (TPSA) is 0 Å². The number of hydrogen-bond acceptors (Lipinski definition) is 0. The fourth-order valence-corrected chi connectivity index (χ4v) is 1.10. The first kappa shape index (κ1) is 12.2. The quantitative estimate of drug-likeness (QED) is 0.393. The van der Waals surface area contributed by atoms with Crippen molar-refractivity contribution in [3.8, 4) is 0 Å². The van der Waals surface area contributed by atoms with Gasteiger partial charge in [0.2, 0.25) is 0 Å². The van der Waals surface area contributed by atoms with Crippen molar-refractivity contribution >= 4 is 0 Å². The van der Waals surface area contributed by atoms with Gasteiger partial charge in [0.05, 0.1) is 0 Å². The van der Waals surface area contributed by atoms with Gasteiger partial charge in [-0.15, -0.1) is 0 Å². The van der Waals surface area contributed by atoms with Crippen LogP contribution in [0.1, 0.15) is 46.0 Å². The second-order valence-electron chi connectivity index (χ2n) is 3.19.